The molecule has 0 aliphatic carbocycles. The Hall–Kier alpha value is -1.40. The quantitative estimate of drug-likeness (QED) is 0.854. The first-order chi connectivity index (χ1) is 9.67. The number of nitrogens with two attached hydrogens (primary N) is 1. The Bertz CT molecular complexity index is 428. The molecule has 6 nitrogen and oxygen atoms in total. The molecule has 0 bridgehead atoms. The van der Waals surface area contributed by atoms with Gasteiger partial charge in [-0.2, -0.15) is 4.98 Å². The summed E-state index contributed by atoms with van der Waals surface area (Å²) in [4.78, 5) is 13.6. The first kappa shape index (κ1) is 15.0. The molecule has 20 heavy (non-hydrogen) atoms. The van der Waals surface area contributed by atoms with Crippen LogP contribution in [0.5, 0.6) is 5.88 Å². The second-order valence-corrected chi connectivity index (χ2v) is 5.17. The van der Waals surface area contributed by atoms with Crippen molar-refractivity contribution in [3.05, 3.63) is 11.8 Å². The smallest absolute Gasteiger partial charge is 0.228 e. The first-order valence-corrected chi connectivity index (χ1v) is 7.26. The third kappa shape index (κ3) is 3.37. The second-order valence-electron chi connectivity index (χ2n) is 5.17. The van der Waals surface area contributed by atoms with Crippen molar-refractivity contribution in [3.63, 3.8) is 0 Å². The van der Waals surface area contributed by atoms with Crippen LogP contribution in [0, 0.1) is 6.92 Å². The second kappa shape index (κ2) is 6.85. The molecule has 1 fully saturated rings. The minimum atomic E-state index is 0.491. The molecular weight excluding hydrogens is 254 g/mol. The molecule has 0 radical (unpaired) electrons. The summed E-state index contributed by atoms with van der Waals surface area (Å²) in [5.74, 6) is 1.39. The van der Waals surface area contributed by atoms with Crippen LogP contribution in [0.1, 0.15) is 19.0 Å². The lowest BCUT2D eigenvalue weighted by Crippen LogP contribution is -2.52. The summed E-state index contributed by atoms with van der Waals surface area (Å²) in [6.07, 6.45) is 1.10. The van der Waals surface area contributed by atoms with Crippen molar-refractivity contribution >= 4 is 5.95 Å². The molecular formula is C14H25N5O. The lowest BCUT2D eigenvalue weighted by Gasteiger charge is -2.38. The fourth-order valence-corrected chi connectivity index (χ4v) is 2.63. The lowest BCUT2D eigenvalue weighted by atomic mass is 10.1. The number of aromatic nitrogens is 2. The Morgan fingerprint density at radius 2 is 2.00 bits per heavy atom. The molecule has 112 valence electrons. The van der Waals surface area contributed by atoms with E-state index in [1.807, 2.05) is 13.0 Å². The number of hydrogen-bond acceptors (Lipinski definition) is 6. The predicted octanol–water partition coefficient (Wildman–Crippen LogP) is 0.653. The summed E-state index contributed by atoms with van der Waals surface area (Å²) in [7, 11) is 1.64. The zero-order chi connectivity index (χ0) is 14.5. The molecule has 2 rings (SSSR count). The number of ether oxygens (including phenoxy) is 1. The van der Waals surface area contributed by atoms with Gasteiger partial charge in [0.1, 0.15) is 0 Å². The minimum Gasteiger partial charge on any atom is -0.481 e. The molecule has 0 aromatic carbocycles. The van der Waals surface area contributed by atoms with Gasteiger partial charge in [-0.15, -0.1) is 0 Å². The molecule has 1 aromatic heterocycles. The van der Waals surface area contributed by atoms with Crippen molar-refractivity contribution in [2.75, 3.05) is 44.7 Å². The average molecular weight is 279 g/mol. The van der Waals surface area contributed by atoms with E-state index < -0.39 is 0 Å². The van der Waals surface area contributed by atoms with Crippen LogP contribution in [0.15, 0.2) is 6.07 Å². The molecule has 1 atom stereocenters. The van der Waals surface area contributed by atoms with Gasteiger partial charge in [-0.3, -0.25) is 4.90 Å². The van der Waals surface area contributed by atoms with E-state index in [0.717, 1.165) is 50.8 Å². The van der Waals surface area contributed by atoms with Gasteiger partial charge in [0.05, 0.1) is 7.11 Å². The normalized spacial score (nSPS) is 18.1. The van der Waals surface area contributed by atoms with Crippen molar-refractivity contribution in [1.29, 1.82) is 0 Å². The molecule has 1 saturated heterocycles. The molecule has 0 amide bonds. The van der Waals surface area contributed by atoms with Crippen LogP contribution in [0.4, 0.5) is 5.95 Å². The van der Waals surface area contributed by atoms with Gasteiger partial charge in [0.15, 0.2) is 0 Å². The molecule has 1 aliphatic heterocycles. The van der Waals surface area contributed by atoms with Crippen molar-refractivity contribution in [1.82, 2.24) is 14.9 Å². The highest BCUT2D eigenvalue weighted by molar-refractivity contribution is 5.35. The van der Waals surface area contributed by atoms with E-state index in [0.29, 0.717) is 11.9 Å². The minimum absolute atomic E-state index is 0.491. The third-order valence-electron chi connectivity index (χ3n) is 3.88. The molecule has 2 N–H and O–H groups in total. The summed E-state index contributed by atoms with van der Waals surface area (Å²) >= 11 is 0. The van der Waals surface area contributed by atoms with E-state index in [2.05, 4.69) is 26.7 Å². The van der Waals surface area contributed by atoms with Crippen LogP contribution in [-0.2, 0) is 0 Å². The van der Waals surface area contributed by atoms with E-state index in [1.165, 1.54) is 0 Å². The van der Waals surface area contributed by atoms with Crippen LogP contribution >= 0.6 is 0 Å². The Balaban J connectivity index is 2.01. The van der Waals surface area contributed by atoms with Crippen molar-refractivity contribution < 1.29 is 4.74 Å². The SMILES string of the molecule is CCC(CN)N1CCN(c2nc(C)cc(OC)n2)CC1. The fourth-order valence-electron chi connectivity index (χ4n) is 2.63. The molecule has 2 heterocycles. The van der Waals surface area contributed by atoms with E-state index in [-0.39, 0.29) is 0 Å². The van der Waals surface area contributed by atoms with E-state index in [9.17, 15) is 0 Å². The molecule has 1 aliphatic rings. The van der Waals surface area contributed by atoms with Crippen molar-refractivity contribution in [2.45, 2.75) is 26.3 Å². The summed E-state index contributed by atoms with van der Waals surface area (Å²) in [6, 6.07) is 2.34. The van der Waals surface area contributed by atoms with Crippen LogP contribution in [0.2, 0.25) is 0 Å². The van der Waals surface area contributed by atoms with Gasteiger partial charge in [0.25, 0.3) is 0 Å². The zero-order valence-electron chi connectivity index (χ0n) is 12.7. The van der Waals surface area contributed by atoms with Crippen LogP contribution < -0.4 is 15.4 Å². The first-order valence-electron chi connectivity index (χ1n) is 7.26. The molecule has 6 heteroatoms. The highest BCUT2D eigenvalue weighted by Gasteiger charge is 2.23. The van der Waals surface area contributed by atoms with Gasteiger partial charge in [-0.25, -0.2) is 4.98 Å². The zero-order valence-corrected chi connectivity index (χ0v) is 12.7. The standard InChI is InChI=1S/C14H25N5O/c1-4-12(10-15)18-5-7-19(8-6-18)14-16-11(2)9-13(17-14)20-3/h9,12H,4-8,10,15H2,1-3H3. The van der Waals surface area contributed by atoms with Gasteiger partial charge >= 0.3 is 0 Å². The van der Waals surface area contributed by atoms with Crippen LogP contribution in [0.25, 0.3) is 0 Å². The van der Waals surface area contributed by atoms with E-state index >= 15 is 0 Å². The number of aryl methyl sites for hydroxylation is 1. The molecule has 0 saturated carbocycles. The average Bonchev–Trinajstić information content (AvgIpc) is 2.48. The van der Waals surface area contributed by atoms with Gasteiger partial charge in [-0.1, -0.05) is 6.92 Å². The predicted molar refractivity (Wildman–Crippen MR) is 80.2 cm³/mol. The summed E-state index contributed by atoms with van der Waals surface area (Å²) in [5.41, 5.74) is 6.75. The van der Waals surface area contributed by atoms with Crippen LogP contribution in [0.3, 0.4) is 0 Å². The van der Waals surface area contributed by atoms with Gasteiger partial charge in [-0.05, 0) is 13.3 Å². The summed E-state index contributed by atoms with van der Waals surface area (Å²) in [6.45, 7) is 8.77. The fraction of sp³-hybridized carbons (Fsp3) is 0.714. The monoisotopic (exact) mass is 279 g/mol. The lowest BCUT2D eigenvalue weighted by molar-refractivity contribution is 0.183. The van der Waals surface area contributed by atoms with E-state index in [1.54, 1.807) is 7.11 Å². The highest BCUT2D eigenvalue weighted by Crippen LogP contribution is 2.17. The number of anilines is 1. The Labute approximate surface area is 120 Å². The number of rotatable bonds is 5. The summed E-state index contributed by atoms with van der Waals surface area (Å²) in [5, 5.41) is 0. The van der Waals surface area contributed by atoms with Gasteiger partial charge in [0, 0.05) is 50.5 Å². The van der Waals surface area contributed by atoms with E-state index in [4.69, 9.17) is 10.5 Å². The number of hydrogen-bond donors (Lipinski definition) is 1. The maximum Gasteiger partial charge on any atom is 0.228 e. The van der Waals surface area contributed by atoms with Crippen molar-refractivity contribution in [2.24, 2.45) is 5.73 Å². The Morgan fingerprint density at radius 3 is 2.55 bits per heavy atom. The highest BCUT2D eigenvalue weighted by atomic mass is 16.5. The molecule has 0 spiro atoms. The summed E-state index contributed by atoms with van der Waals surface area (Å²) < 4.78 is 5.22. The van der Waals surface area contributed by atoms with Gasteiger partial charge in [0.2, 0.25) is 11.8 Å². The molecule has 1 unspecified atom stereocenters. The maximum atomic E-state index is 5.82. The number of piperazine rings is 1. The largest absolute Gasteiger partial charge is 0.481 e. The third-order valence-corrected chi connectivity index (χ3v) is 3.88. The topological polar surface area (TPSA) is 67.5 Å². The maximum absolute atomic E-state index is 5.82. The van der Waals surface area contributed by atoms with Crippen molar-refractivity contribution in [3.8, 4) is 5.88 Å². The van der Waals surface area contributed by atoms with Gasteiger partial charge < -0.3 is 15.4 Å². The molecule has 1 aromatic rings. The Kier molecular flexibility index (Phi) is 5.14. The Morgan fingerprint density at radius 1 is 1.30 bits per heavy atom. The number of methoxy groups -OCH3 is 1. The number of nitrogens with zero attached hydrogens (tertiary/aromatic N) is 4. The van der Waals surface area contributed by atoms with Crippen LogP contribution in [-0.4, -0.2) is 60.7 Å².